The minimum atomic E-state index is 1.06. The molecule has 0 bridgehead atoms. The highest BCUT2D eigenvalue weighted by molar-refractivity contribution is 6.11. The van der Waals surface area contributed by atoms with Gasteiger partial charge >= 0.3 is 0 Å². The molecule has 0 spiro atoms. The Morgan fingerprint density at radius 3 is 0.910 bits per heavy atom. The van der Waals surface area contributed by atoms with Crippen LogP contribution in [0, 0.1) is 0 Å². The normalized spacial score (nSPS) is 13.5. The van der Waals surface area contributed by atoms with E-state index in [0.29, 0.717) is 0 Å². The molecule has 0 nitrogen and oxygen atoms in total. The summed E-state index contributed by atoms with van der Waals surface area (Å²) in [4.78, 5) is 0. The summed E-state index contributed by atoms with van der Waals surface area (Å²) < 4.78 is 0. The molecule has 0 unspecified atom stereocenters. The minimum absolute atomic E-state index is 1.06. The maximum absolute atomic E-state index is 2.40. The van der Waals surface area contributed by atoms with E-state index in [9.17, 15) is 0 Å². The summed E-state index contributed by atoms with van der Waals surface area (Å²) >= 11 is 0. The lowest BCUT2D eigenvalue weighted by atomic mass is 9.89. The number of rotatable bonds is 0. The Labute approximate surface area is 839 Å². The van der Waals surface area contributed by atoms with Crippen molar-refractivity contribution in [1.29, 1.82) is 0 Å². The molecule has 0 heteroatoms. The van der Waals surface area contributed by atoms with Crippen LogP contribution in [0.1, 0.15) is 134 Å². The summed E-state index contributed by atoms with van der Waals surface area (Å²) in [6, 6.07) is 162. The lowest BCUT2D eigenvalue weighted by molar-refractivity contribution is 1.16. The number of hydrogen-bond donors (Lipinski definition) is 0. The Bertz CT molecular complexity index is 9700. The third kappa shape index (κ3) is 12.5. The molecule has 24 aromatic rings. The fourth-order valence-electron chi connectivity index (χ4n) is 28.1. The van der Waals surface area contributed by atoms with Gasteiger partial charge in [-0.3, -0.25) is 0 Å². The van der Waals surface area contributed by atoms with Gasteiger partial charge in [0.05, 0.1) is 0 Å². The number of fused-ring (bicyclic) bond motifs is 54. The summed E-state index contributed by atoms with van der Waals surface area (Å²) in [7, 11) is 0. The molecule has 0 atom stereocenters. The van der Waals surface area contributed by atoms with Crippen molar-refractivity contribution in [2.24, 2.45) is 0 Å². The first kappa shape index (κ1) is 81.7. The molecular weight excluding hydrogens is 1730 g/mol. The first-order valence-corrected chi connectivity index (χ1v) is 51.8. The van der Waals surface area contributed by atoms with Crippen LogP contribution in [0.3, 0.4) is 0 Å². The molecule has 0 aliphatic heterocycles. The van der Waals surface area contributed by atoms with Gasteiger partial charge in [-0.1, -0.05) is 431 Å². The predicted molar refractivity (Wildman–Crippen MR) is 603 cm³/mol. The molecule has 36 rings (SSSR count). The maximum Gasteiger partial charge on any atom is -0.000101 e. The fourth-order valence-corrected chi connectivity index (χ4v) is 28.1. The Kier molecular flexibility index (Phi) is 18.3. The van der Waals surface area contributed by atoms with E-state index in [1.54, 1.807) is 11.1 Å². The van der Waals surface area contributed by atoms with Crippen molar-refractivity contribution in [3.05, 3.63) is 570 Å². The van der Waals surface area contributed by atoms with E-state index < -0.39 is 0 Å². The van der Waals surface area contributed by atoms with Gasteiger partial charge in [-0.25, -0.2) is 0 Å². The molecule has 672 valence electrons. The average molecular weight is 1830 g/mol. The SMILES string of the molecule is c1ccc2c(c1)Cc1c-2c2c(c3ccccc13)-c1ccccc1C2.c1ccc2c(c1)Cc1c-2ccc2c1-c1c(ccc3ccccc13)C2.c1ccc2c(c1)Cc1c-2ccc2c1-c1cc3ccccc3cc1C2.c1ccc2c(c1)Cc1c-2ccc2c1-c1ccc3ccccc3c1C2.c1ccc2c(c1)Cc1c-2ccc2c1Cc1ccc3ccccc3c1-2.c1ccc2c(c1)Cc1ccc3c(c1-2)Cc1c-3ccc2ccccc12. The molecule has 12 aliphatic carbocycles. The van der Waals surface area contributed by atoms with Crippen LogP contribution in [0.4, 0.5) is 0 Å². The smallest absolute Gasteiger partial charge is 0.000101 e. The zero-order valence-electron chi connectivity index (χ0n) is 80.1. The van der Waals surface area contributed by atoms with Gasteiger partial charge in [0.1, 0.15) is 0 Å². The molecule has 0 heterocycles. The molecule has 0 aromatic heterocycles. The van der Waals surface area contributed by atoms with Crippen molar-refractivity contribution >= 4 is 64.6 Å². The zero-order chi connectivity index (χ0) is 94.0. The third-order valence-electron chi connectivity index (χ3n) is 34.4. The monoisotopic (exact) mass is 1820 g/mol. The summed E-state index contributed by atoms with van der Waals surface area (Å²) in [5.41, 5.74) is 70.9. The summed E-state index contributed by atoms with van der Waals surface area (Å²) in [6.45, 7) is 0. The quantitative estimate of drug-likeness (QED) is 0.142. The second kappa shape index (κ2) is 32.2. The standard InChI is InChI=1S/6C24H16/c1-4-10-18-15(7-1)13-21-19-11-5-6-12-20(19)23-17-9-3-2-8-16(17)14-22(23)24(18)21;1-4-8-20-15(5-1)9-10-17-13-18-11-12-21-19-7-3-2-6-16(19)14-22(21)24(18)23(17)20;1-4-8-19-15(5-1)9-10-17-14-23-21(24(17)19)12-11-20-18-7-3-2-6-16(18)13-22(20)23;1-3-7-18-15(5-1)9-12-21-22(18)14-17-10-11-20-19-8-4-2-6-16(19)13-23(20)24(17)21;1-3-7-18-15(5-1)9-11-20-21-12-10-17-13-16-6-2-4-8-19(16)24(17)23(21)14-22(18)20;1-2-6-16-13-22-19(11-15(16)5-1)12-18-9-10-21-20-8-4-3-7-17(20)14-23(21)24(18)22/h5*1-12H,13-14H2;1-11,13H,12,14H2. The van der Waals surface area contributed by atoms with Crippen LogP contribution in [-0.2, 0) is 77.0 Å². The van der Waals surface area contributed by atoms with E-state index in [4.69, 9.17) is 0 Å². The second-order valence-corrected chi connectivity index (χ2v) is 41.7. The van der Waals surface area contributed by atoms with Crippen molar-refractivity contribution in [2.75, 3.05) is 0 Å². The number of hydrogen-bond acceptors (Lipinski definition) is 0. The second-order valence-electron chi connectivity index (χ2n) is 41.7. The van der Waals surface area contributed by atoms with Crippen LogP contribution in [0.15, 0.2) is 437 Å². The zero-order valence-corrected chi connectivity index (χ0v) is 80.1. The Morgan fingerprint density at radius 2 is 0.354 bits per heavy atom. The first-order valence-electron chi connectivity index (χ1n) is 51.8. The van der Waals surface area contributed by atoms with Crippen molar-refractivity contribution < 1.29 is 0 Å². The highest BCUT2D eigenvalue weighted by atomic mass is 14.4. The largest absolute Gasteiger partial charge is 0.0619 e. The van der Waals surface area contributed by atoms with Crippen LogP contribution >= 0.6 is 0 Å². The first-order chi connectivity index (χ1) is 71.4. The van der Waals surface area contributed by atoms with E-state index in [1.165, 1.54) is 321 Å². The molecule has 0 saturated heterocycles. The molecule has 12 aliphatic rings. The lowest BCUT2D eigenvalue weighted by Crippen LogP contribution is -1.92. The molecule has 144 heavy (non-hydrogen) atoms. The van der Waals surface area contributed by atoms with Crippen LogP contribution in [-0.4, -0.2) is 0 Å². The van der Waals surface area contributed by atoms with E-state index in [-0.39, 0.29) is 0 Å². The van der Waals surface area contributed by atoms with Gasteiger partial charge in [-0.15, -0.1) is 0 Å². The highest BCUT2D eigenvalue weighted by Gasteiger charge is 2.38. The Hall–Kier alpha value is -17.2. The molecule has 0 amide bonds. The Balaban J connectivity index is 0.0000000788. The van der Waals surface area contributed by atoms with Gasteiger partial charge < -0.3 is 0 Å². The molecule has 0 saturated carbocycles. The van der Waals surface area contributed by atoms with Gasteiger partial charge in [0, 0.05) is 0 Å². The van der Waals surface area contributed by atoms with Gasteiger partial charge in [0.2, 0.25) is 0 Å². The van der Waals surface area contributed by atoms with Crippen LogP contribution < -0.4 is 0 Å². The molecule has 0 fully saturated rings. The van der Waals surface area contributed by atoms with Gasteiger partial charge in [-0.2, -0.15) is 0 Å². The van der Waals surface area contributed by atoms with E-state index in [2.05, 4.69) is 437 Å². The molecule has 24 aromatic carbocycles. The topological polar surface area (TPSA) is 0 Å². The van der Waals surface area contributed by atoms with E-state index in [0.717, 1.165) is 77.0 Å². The molecular formula is C144H96. The maximum atomic E-state index is 2.40. The van der Waals surface area contributed by atoms with Crippen LogP contribution in [0.25, 0.3) is 198 Å². The van der Waals surface area contributed by atoms with Gasteiger partial charge in [0.15, 0.2) is 0 Å². The average Bonchev–Trinajstić information content (AvgIpc) is 1.59. The third-order valence-corrected chi connectivity index (χ3v) is 34.4. The van der Waals surface area contributed by atoms with Crippen molar-refractivity contribution in [2.45, 2.75) is 77.0 Å². The Morgan fingerprint density at radius 1 is 0.0903 bits per heavy atom. The summed E-state index contributed by atoms with van der Waals surface area (Å²) in [6.07, 6.45) is 12.8. The minimum Gasteiger partial charge on any atom is -0.0619 e. The van der Waals surface area contributed by atoms with E-state index in [1.807, 2.05) is 0 Å². The summed E-state index contributed by atoms with van der Waals surface area (Å²) in [5.74, 6) is 0. The van der Waals surface area contributed by atoms with Crippen molar-refractivity contribution in [3.8, 4) is 134 Å². The lowest BCUT2D eigenvalue weighted by Gasteiger charge is -2.14. The van der Waals surface area contributed by atoms with Gasteiger partial charge in [0.25, 0.3) is 0 Å². The van der Waals surface area contributed by atoms with Crippen molar-refractivity contribution in [1.82, 2.24) is 0 Å². The number of benzene rings is 24. The molecule has 0 N–H and O–H groups in total. The van der Waals surface area contributed by atoms with Gasteiger partial charge in [-0.05, 0) is 415 Å². The van der Waals surface area contributed by atoms with E-state index >= 15 is 0 Å². The van der Waals surface area contributed by atoms with Crippen molar-refractivity contribution in [3.63, 3.8) is 0 Å². The molecule has 0 radical (unpaired) electrons. The van der Waals surface area contributed by atoms with Crippen LogP contribution in [0.5, 0.6) is 0 Å². The van der Waals surface area contributed by atoms with Crippen LogP contribution in [0.2, 0.25) is 0 Å². The predicted octanol–water partition coefficient (Wildman–Crippen LogP) is 35.9. The summed E-state index contributed by atoms with van der Waals surface area (Å²) in [5, 5.41) is 16.5. The fraction of sp³-hybridized carbons (Fsp3) is 0.0833. The highest BCUT2D eigenvalue weighted by Crippen LogP contribution is 2.58.